The fourth-order valence-electron chi connectivity index (χ4n) is 3.16. The lowest BCUT2D eigenvalue weighted by atomic mass is 10.0. The largest absolute Gasteiger partial charge is 0.496 e. The number of benzene rings is 1. The molecule has 0 saturated heterocycles. The second-order valence-corrected chi connectivity index (χ2v) is 7.02. The number of aromatic nitrogens is 5. The molecule has 2 heterocycles. The first-order chi connectivity index (χ1) is 13.4. The highest BCUT2D eigenvalue weighted by Gasteiger charge is 2.26. The number of para-hydroxylation sites is 1. The third-order valence-corrected chi connectivity index (χ3v) is 4.53. The molecule has 3 aromatic rings. The monoisotopic (exact) mass is 382 g/mol. The highest BCUT2D eigenvalue weighted by molar-refractivity contribution is 5.73. The van der Waals surface area contributed by atoms with E-state index in [1.807, 2.05) is 51.2 Å². The molecule has 0 spiro atoms. The molecule has 148 valence electrons. The van der Waals surface area contributed by atoms with Crippen molar-refractivity contribution < 1.29 is 9.53 Å². The average molecular weight is 382 g/mol. The lowest BCUT2D eigenvalue weighted by Crippen LogP contribution is -2.32. The Morgan fingerprint density at radius 1 is 1.25 bits per heavy atom. The number of ether oxygens (including phenoxy) is 1. The van der Waals surface area contributed by atoms with Crippen molar-refractivity contribution >= 4 is 5.91 Å². The molecule has 2 aromatic heterocycles. The number of nitrogens with zero attached hydrogens (tertiary/aromatic N) is 5. The van der Waals surface area contributed by atoms with Crippen LogP contribution in [0.25, 0.3) is 5.82 Å². The normalized spacial score (nSPS) is 12.2. The minimum absolute atomic E-state index is 0.107. The maximum atomic E-state index is 11.8. The van der Waals surface area contributed by atoms with E-state index in [2.05, 4.69) is 10.4 Å². The molecule has 28 heavy (non-hydrogen) atoms. The molecule has 1 aromatic carbocycles. The molecule has 1 amide bonds. The van der Waals surface area contributed by atoms with Gasteiger partial charge in [-0.05, 0) is 12.0 Å². The van der Waals surface area contributed by atoms with E-state index in [1.54, 1.807) is 22.7 Å². The number of amides is 1. The molecule has 0 saturated carbocycles. The number of hydrogen-bond acceptors (Lipinski definition) is 5. The second kappa shape index (κ2) is 8.24. The van der Waals surface area contributed by atoms with E-state index in [1.165, 1.54) is 6.92 Å². The summed E-state index contributed by atoms with van der Waals surface area (Å²) in [6, 6.07) is 9.41. The van der Waals surface area contributed by atoms with Crippen molar-refractivity contribution in [3.05, 3.63) is 53.7 Å². The van der Waals surface area contributed by atoms with Crippen LogP contribution in [0.15, 0.2) is 36.5 Å². The Morgan fingerprint density at radius 2 is 2.00 bits per heavy atom. The molecule has 0 bridgehead atoms. The summed E-state index contributed by atoms with van der Waals surface area (Å²) >= 11 is 0. The van der Waals surface area contributed by atoms with Crippen LogP contribution in [0.4, 0.5) is 0 Å². The van der Waals surface area contributed by atoms with Gasteiger partial charge in [0.15, 0.2) is 17.5 Å². The van der Waals surface area contributed by atoms with E-state index in [-0.39, 0.29) is 17.9 Å². The summed E-state index contributed by atoms with van der Waals surface area (Å²) in [6.07, 6.45) is 2.23. The Morgan fingerprint density at radius 3 is 2.61 bits per heavy atom. The summed E-state index contributed by atoms with van der Waals surface area (Å²) in [5.74, 6) is 2.94. The summed E-state index contributed by atoms with van der Waals surface area (Å²) in [7, 11) is 3.50. The molecule has 8 heteroatoms. The molecular weight excluding hydrogens is 356 g/mol. The maximum Gasteiger partial charge on any atom is 0.217 e. The van der Waals surface area contributed by atoms with Crippen molar-refractivity contribution in [3.63, 3.8) is 0 Å². The van der Waals surface area contributed by atoms with Gasteiger partial charge in [-0.3, -0.25) is 9.48 Å². The Labute approximate surface area is 164 Å². The Kier molecular flexibility index (Phi) is 5.77. The van der Waals surface area contributed by atoms with Crippen molar-refractivity contribution in [2.75, 3.05) is 7.11 Å². The molecule has 1 N–H and O–H groups in total. The van der Waals surface area contributed by atoms with Crippen LogP contribution < -0.4 is 10.1 Å². The van der Waals surface area contributed by atoms with Gasteiger partial charge in [0, 0.05) is 32.0 Å². The smallest absolute Gasteiger partial charge is 0.217 e. The van der Waals surface area contributed by atoms with Gasteiger partial charge in [-0.15, -0.1) is 5.10 Å². The second-order valence-electron chi connectivity index (χ2n) is 7.02. The number of rotatable bonds is 7. The standard InChI is InChI=1S/C20H26N6O2/c1-13(2)19(22-14(3)27)20-23-17(12-15-8-6-7-9-16(15)28-5)24-26(20)18-10-11-21-25(18)4/h6-11,13,19H,12H2,1-5H3,(H,22,27). The minimum Gasteiger partial charge on any atom is -0.496 e. The lowest BCUT2D eigenvalue weighted by Gasteiger charge is -2.21. The van der Waals surface area contributed by atoms with Crippen LogP contribution >= 0.6 is 0 Å². The van der Waals surface area contributed by atoms with Crippen molar-refractivity contribution in [2.24, 2.45) is 13.0 Å². The zero-order chi connectivity index (χ0) is 20.3. The predicted molar refractivity (Wildman–Crippen MR) is 105 cm³/mol. The van der Waals surface area contributed by atoms with Gasteiger partial charge >= 0.3 is 0 Å². The van der Waals surface area contributed by atoms with Crippen LogP contribution in [-0.2, 0) is 18.3 Å². The third kappa shape index (κ3) is 4.05. The molecule has 0 aliphatic carbocycles. The zero-order valence-electron chi connectivity index (χ0n) is 16.9. The fraction of sp³-hybridized carbons (Fsp3) is 0.400. The zero-order valence-corrected chi connectivity index (χ0v) is 16.9. The summed E-state index contributed by atoms with van der Waals surface area (Å²) in [5, 5.41) is 12.0. The number of nitrogens with one attached hydrogen (secondary N) is 1. The molecule has 0 aliphatic heterocycles. The van der Waals surface area contributed by atoms with E-state index in [9.17, 15) is 4.79 Å². The third-order valence-electron chi connectivity index (χ3n) is 4.53. The Balaban J connectivity index is 2.07. The van der Waals surface area contributed by atoms with Gasteiger partial charge in [-0.2, -0.15) is 9.78 Å². The van der Waals surface area contributed by atoms with Crippen LogP contribution in [-0.4, -0.2) is 37.6 Å². The summed E-state index contributed by atoms with van der Waals surface area (Å²) < 4.78 is 8.95. The first-order valence-corrected chi connectivity index (χ1v) is 9.24. The van der Waals surface area contributed by atoms with E-state index < -0.39 is 0 Å². The Hall–Kier alpha value is -3.16. The highest BCUT2D eigenvalue weighted by atomic mass is 16.5. The van der Waals surface area contributed by atoms with E-state index in [0.717, 1.165) is 17.1 Å². The van der Waals surface area contributed by atoms with E-state index >= 15 is 0 Å². The predicted octanol–water partition coefficient (Wildman–Crippen LogP) is 2.43. The van der Waals surface area contributed by atoms with E-state index in [0.29, 0.717) is 18.1 Å². The van der Waals surface area contributed by atoms with Crippen LogP contribution in [0.5, 0.6) is 5.75 Å². The number of aryl methyl sites for hydroxylation is 1. The van der Waals surface area contributed by atoms with Crippen molar-refractivity contribution in [3.8, 4) is 11.6 Å². The topological polar surface area (TPSA) is 86.9 Å². The van der Waals surface area contributed by atoms with Gasteiger partial charge in [0.25, 0.3) is 0 Å². The lowest BCUT2D eigenvalue weighted by molar-refractivity contribution is -0.120. The van der Waals surface area contributed by atoms with Gasteiger partial charge in [0.05, 0.1) is 19.3 Å². The molecule has 1 unspecified atom stereocenters. The van der Waals surface area contributed by atoms with Crippen LogP contribution in [0.3, 0.4) is 0 Å². The van der Waals surface area contributed by atoms with Crippen LogP contribution in [0, 0.1) is 5.92 Å². The SMILES string of the molecule is COc1ccccc1Cc1nc(C(NC(C)=O)C(C)C)n(-c2ccnn2C)n1. The molecule has 0 radical (unpaired) electrons. The maximum absolute atomic E-state index is 11.8. The van der Waals surface area contributed by atoms with Crippen LogP contribution in [0.1, 0.15) is 44.0 Å². The number of methoxy groups -OCH3 is 1. The fourth-order valence-corrected chi connectivity index (χ4v) is 3.16. The Bertz CT molecular complexity index is 959. The van der Waals surface area contributed by atoms with Gasteiger partial charge < -0.3 is 10.1 Å². The van der Waals surface area contributed by atoms with Crippen LogP contribution in [0.2, 0.25) is 0 Å². The molecule has 1 atom stereocenters. The van der Waals surface area contributed by atoms with Crippen molar-refractivity contribution in [1.82, 2.24) is 29.9 Å². The van der Waals surface area contributed by atoms with Gasteiger partial charge in [0.2, 0.25) is 5.91 Å². The molecule has 0 aliphatic rings. The van der Waals surface area contributed by atoms with Gasteiger partial charge in [-0.1, -0.05) is 32.0 Å². The molecule has 0 fully saturated rings. The highest BCUT2D eigenvalue weighted by Crippen LogP contribution is 2.25. The number of carbonyl (C=O) groups is 1. The van der Waals surface area contributed by atoms with E-state index in [4.69, 9.17) is 14.8 Å². The number of carbonyl (C=O) groups excluding carboxylic acids is 1. The summed E-state index contributed by atoms with van der Waals surface area (Å²) in [4.78, 5) is 16.6. The quantitative estimate of drug-likeness (QED) is 0.678. The molecule has 8 nitrogen and oxygen atoms in total. The van der Waals surface area contributed by atoms with Crippen molar-refractivity contribution in [1.29, 1.82) is 0 Å². The molecular formula is C20H26N6O2. The summed E-state index contributed by atoms with van der Waals surface area (Å²) in [6.45, 7) is 5.60. The summed E-state index contributed by atoms with van der Waals surface area (Å²) in [5.41, 5.74) is 0.999. The first-order valence-electron chi connectivity index (χ1n) is 9.24. The van der Waals surface area contributed by atoms with Gasteiger partial charge in [-0.25, -0.2) is 4.98 Å². The number of hydrogen-bond donors (Lipinski definition) is 1. The molecule has 3 rings (SSSR count). The average Bonchev–Trinajstić information content (AvgIpc) is 3.25. The van der Waals surface area contributed by atoms with Crippen molar-refractivity contribution in [2.45, 2.75) is 33.2 Å². The first kappa shape index (κ1) is 19.6. The minimum atomic E-state index is -0.272. The van der Waals surface area contributed by atoms with Gasteiger partial charge in [0.1, 0.15) is 5.75 Å².